The van der Waals surface area contributed by atoms with Crippen LogP contribution in [0, 0.1) is 12.8 Å². The van der Waals surface area contributed by atoms with E-state index in [0.717, 1.165) is 46.3 Å². The second kappa shape index (κ2) is 8.85. The zero-order valence-corrected chi connectivity index (χ0v) is 16.0. The summed E-state index contributed by atoms with van der Waals surface area (Å²) in [6.45, 7) is 2.00. The molecule has 1 aliphatic carbocycles. The number of rotatable bonds is 4. The van der Waals surface area contributed by atoms with E-state index >= 15 is 0 Å². The quantitative estimate of drug-likeness (QED) is 0.816. The lowest BCUT2D eigenvalue weighted by molar-refractivity contribution is -0.120. The smallest absolute Gasteiger partial charge is 0.227 e. The maximum atomic E-state index is 12.3. The molecule has 1 aromatic carbocycles. The lowest BCUT2D eigenvalue weighted by atomic mass is 9.85. The number of anilines is 1. The standard InChI is InChI=1S/C17H21N3OS2.ClH/c1-11-10-22-17(19-11)23-15-7-5-14(6-8-15)20-16(21)12-3-2-4-13(18)9-12;/h5-8,10,12-13H,2-4,9,18H2,1H3,(H,20,21);1H. The Bertz CT molecular complexity index is 675. The number of nitrogens with two attached hydrogens (primary N) is 1. The first-order valence-electron chi connectivity index (χ1n) is 7.86. The van der Waals surface area contributed by atoms with Gasteiger partial charge in [0.2, 0.25) is 5.91 Å². The Labute approximate surface area is 157 Å². The van der Waals surface area contributed by atoms with Gasteiger partial charge in [0, 0.05) is 33.6 Å². The Morgan fingerprint density at radius 1 is 1.33 bits per heavy atom. The van der Waals surface area contributed by atoms with E-state index in [2.05, 4.69) is 10.3 Å². The highest BCUT2D eigenvalue weighted by molar-refractivity contribution is 8.01. The van der Waals surface area contributed by atoms with Crippen LogP contribution in [0.4, 0.5) is 5.69 Å². The first kappa shape index (κ1) is 19.2. The molecule has 4 nitrogen and oxygen atoms in total. The van der Waals surface area contributed by atoms with Crippen LogP contribution in [0.1, 0.15) is 31.4 Å². The molecule has 0 saturated heterocycles. The zero-order valence-electron chi connectivity index (χ0n) is 13.5. The number of aryl methyl sites for hydroxylation is 1. The molecule has 1 saturated carbocycles. The minimum atomic E-state index is 0. The Balaban J connectivity index is 0.00000208. The highest BCUT2D eigenvalue weighted by atomic mass is 35.5. The summed E-state index contributed by atoms with van der Waals surface area (Å²) >= 11 is 3.29. The van der Waals surface area contributed by atoms with Crippen LogP contribution in [0.15, 0.2) is 38.9 Å². The van der Waals surface area contributed by atoms with E-state index < -0.39 is 0 Å². The number of nitrogens with zero attached hydrogens (tertiary/aromatic N) is 1. The van der Waals surface area contributed by atoms with Gasteiger partial charge >= 0.3 is 0 Å². The fourth-order valence-electron chi connectivity index (χ4n) is 2.80. The minimum absolute atomic E-state index is 0. The molecule has 2 atom stereocenters. The van der Waals surface area contributed by atoms with Gasteiger partial charge in [-0.3, -0.25) is 4.79 Å². The zero-order chi connectivity index (χ0) is 16.2. The SMILES string of the molecule is Cc1csc(Sc2ccc(NC(=O)C3CCCC(N)C3)cc2)n1.Cl. The van der Waals surface area contributed by atoms with Crippen molar-refractivity contribution in [2.75, 3.05) is 5.32 Å². The van der Waals surface area contributed by atoms with Crippen LogP contribution < -0.4 is 11.1 Å². The lowest BCUT2D eigenvalue weighted by Gasteiger charge is -2.25. The maximum Gasteiger partial charge on any atom is 0.227 e. The first-order chi connectivity index (χ1) is 11.1. The third-order valence-electron chi connectivity index (χ3n) is 4.01. The van der Waals surface area contributed by atoms with Crippen molar-refractivity contribution in [2.45, 2.75) is 47.9 Å². The van der Waals surface area contributed by atoms with Gasteiger partial charge in [-0.2, -0.15) is 0 Å². The van der Waals surface area contributed by atoms with Crippen LogP contribution in [0.3, 0.4) is 0 Å². The fourth-order valence-corrected chi connectivity index (χ4v) is 4.61. The summed E-state index contributed by atoms with van der Waals surface area (Å²) in [5.41, 5.74) is 7.85. The lowest BCUT2D eigenvalue weighted by Crippen LogP contribution is -2.34. The van der Waals surface area contributed by atoms with Crippen molar-refractivity contribution in [3.63, 3.8) is 0 Å². The molecule has 1 aliphatic rings. The van der Waals surface area contributed by atoms with E-state index in [1.165, 1.54) is 0 Å². The van der Waals surface area contributed by atoms with Crippen molar-refractivity contribution >= 4 is 47.1 Å². The highest BCUT2D eigenvalue weighted by Gasteiger charge is 2.25. The molecule has 1 fully saturated rings. The van der Waals surface area contributed by atoms with Gasteiger partial charge in [0.1, 0.15) is 0 Å². The fraction of sp³-hybridized carbons (Fsp3) is 0.412. The van der Waals surface area contributed by atoms with Crippen LogP contribution in [0.2, 0.25) is 0 Å². The van der Waals surface area contributed by atoms with Crippen molar-refractivity contribution in [1.82, 2.24) is 4.98 Å². The van der Waals surface area contributed by atoms with E-state index in [1.807, 2.05) is 36.6 Å². The minimum Gasteiger partial charge on any atom is -0.328 e. The molecule has 2 unspecified atom stereocenters. The van der Waals surface area contributed by atoms with Gasteiger partial charge in [-0.1, -0.05) is 18.2 Å². The average molecular weight is 384 g/mol. The molecule has 1 aromatic heterocycles. The molecule has 7 heteroatoms. The number of thiazole rings is 1. The summed E-state index contributed by atoms with van der Waals surface area (Å²) in [5.74, 6) is 0.141. The molecule has 0 spiro atoms. The third-order valence-corrected chi connectivity index (χ3v) is 6.07. The Morgan fingerprint density at radius 2 is 2.08 bits per heavy atom. The molecule has 24 heavy (non-hydrogen) atoms. The van der Waals surface area contributed by atoms with Crippen LogP contribution in [0.25, 0.3) is 0 Å². The number of nitrogens with one attached hydrogen (secondary N) is 1. The molecule has 2 aromatic rings. The second-order valence-corrected chi connectivity index (χ2v) is 8.17. The van der Waals surface area contributed by atoms with Gasteiger partial charge in [0.25, 0.3) is 0 Å². The molecule has 130 valence electrons. The number of amides is 1. The maximum absolute atomic E-state index is 12.3. The molecule has 0 aliphatic heterocycles. The molecule has 0 bridgehead atoms. The molecule has 0 radical (unpaired) electrons. The van der Waals surface area contributed by atoms with Crippen molar-refractivity contribution in [3.05, 3.63) is 35.3 Å². The molecule has 1 amide bonds. The van der Waals surface area contributed by atoms with Crippen molar-refractivity contribution in [3.8, 4) is 0 Å². The molecular weight excluding hydrogens is 362 g/mol. The van der Waals surface area contributed by atoms with Gasteiger partial charge in [0.15, 0.2) is 4.34 Å². The van der Waals surface area contributed by atoms with Crippen molar-refractivity contribution in [2.24, 2.45) is 11.7 Å². The van der Waals surface area contributed by atoms with Crippen LogP contribution in [0.5, 0.6) is 0 Å². The number of aromatic nitrogens is 1. The number of carbonyl (C=O) groups excluding carboxylic acids is 1. The molecule has 3 rings (SSSR count). The summed E-state index contributed by atoms with van der Waals surface area (Å²) in [6, 6.07) is 8.10. The summed E-state index contributed by atoms with van der Waals surface area (Å²) in [5, 5.41) is 5.06. The topological polar surface area (TPSA) is 68.0 Å². The van der Waals surface area contributed by atoms with Crippen LogP contribution >= 0.6 is 35.5 Å². The predicted octanol–water partition coefficient (Wildman–Crippen LogP) is 4.48. The Hall–Kier alpha value is -1.08. The summed E-state index contributed by atoms with van der Waals surface area (Å²) in [6.07, 6.45) is 3.81. The Kier molecular flexibility index (Phi) is 7.10. The van der Waals surface area contributed by atoms with E-state index in [0.29, 0.717) is 0 Å². The van der Waals surface area contributed by atoms with Crippen LogP contribution in [-0.2, 0) is 4.79 Å². The monoisotopic (exact) mass is 383 g/mol. The number of halogens is 1. The van der Waals surface area contributed by atoms with Crippen molar-refractivity contribution in [1.29, 1.82) is 0 Å². The summed E-state index contributed by atoms with van der Waals surface area (Å²) < 4.78 is 1.04. The van der Waals surface area contributed by atoms with E-state index in [-0.39, 0.29) is 30.3 Å². The Morgan fingerprint density at radius 3 is 2.71 bits per heavy atom. The number of benzene rings is 1. The largest absolute Gasteiger partial charge is 0.328 e. The average Bonchev–Trinajstić information content (AvgIpc) is 2.94. The molecular formula is C17H22ClN3OS2. The van der Waals surface area contributed by atoms with Gasteiger partial charge in [0.05, 0.1) is 0 Å². The van der Waals surface area contributed by atoms with E-state index in [4.69, 9.17) is 5.73 Å². The predicted molar refractivity (Wildman–Crippen MR) is 103 cm³/mol. The highest BCUT2D eigenvalue weighted by Crippen LogP contribution is 2.31. The van der Waals surface area contributed by atoms with Gasteiger partial charge in [-0.15, -0.1) is 23.7 Å². The third kappa shape index (κ3) is 5.21. The molecule has 1 heterocycles. The first-order valence-corrected chi connectivity index (χ1v) is 9.56. The van der Waals surface area contributed by atoms with E-state index in [9.17, 15) is 4.79 Å². The van der Waals surface area contributed by atoms with Crippen LogP contribution in [-0.4, -0.2) is 16.9 Å². The molecule has 3 N–H and O–H groups in total. The summed E-state index contributed by atoms with van der Waals surface area (Å²) in [7, 11) is 0. The van der Waals surface area contributed by atoms with Gasteiger partial charge < -0.3 is 11.1 Å². The second-order valence-electron chi connectivity index (χ2n) is 5.99. The van der Waals surface area contributed by atoms with E-state index in [1.54, 1.807) is 23.1 Å². The summed E-state index contributed by atoms with van der Waals surface area (Å²) in [4.78, 5) is 17.9. The number of carbonyl (C=O) groups is 1. The number of hydrogen-bond acceptors (Lipinski definition) is 5. The van der Waals surface area contributed by atoms with Gasteiger partial charge in [-0.25, -0.2) is 4.98 Å². The normalized spacial score (nSPS) is 20.2. The van der Waals surface area contributed by atoms with Gasteiger partial charge in [-0.05, 0) is 50.5 Å². The van der Waals surface area contributed by atoms with Crippen molar-refractivity contribution < 1.29 is 4.79 Å². The number of hydrogen-bond donors (Lipinski definition) is 2.